The summed E-state index contributed by atoms with van der Waals surface area (Å²) in [6, 6.07) is 0. The van der Waals surface area contributed by atoms with E-state index in [0.29, 0.717) is 0 Å². The summed E-state index contributed by atoms with van der Waals surface area (Å²) in [4.78, 5) is 53.0. The molecule has 0 aliphatic heterocycles. The number of phosphoric acid groups is 1. The first kappa shape index (κ1) is 18.4. The Morgan fingerprint density at radius 2 is 1.33 bits per heavy atom. The van der Waals surface area contributed by atoms with Gasteiger partial charge < -0.3 is 35.1 Å². The SMILES string of the molecule is NCCCC(OP(=O)(O)O)(P(=O)(O)O)P(=O)(O)O. The first-order chi connectivity index (χ1) is 7.77. The molecule has 0 saturated heterocycles. The van der Waals surface area contributed by atoms with Crippen LogP contribution < -0.4 is 5.73 Å². The van der Waals surface area contributed by atoms with Gasteiger partial charge in [-0.15, -0.1) is 0 Å². The molecule has 0 spiro atoms. The highest BCUT2D eigenvalue weighted by Crippen LogP contribution is 2.74. The molecule has 0 aromatic heterocycles. The van der Waals surface area contributed by atoms with Crippen molar-refractivity contribution < 1.29 is 47.6 Å². The Hall–Kier alpha value is 0.370. The minimum Gasteiger partial charge on any atom is -0.330 e. The molecule has 0 bridgehead atoms. The Morgan fingerprint density at radius 1 is 0.944 bits per heavy atom. The summed E-state index contributed by atoms with van der Waals surface area (Å²) in [5.41, 5.74) is 5.03. The average Bonchev–Trinajstić information content (AvgIpc) is 2.06. The lowest BCUT2D eigenvalue weighted by Crippen LogP contribution is -2.32. The van der Waals surface area contributed by atoms with E-state index in [1.54, 1.807) is 0 Å². The van der Waals surface area contributed by atoms with Gasteiger partial charge in [0.1, 0.15) is 0 Å². The van der Waals surface area contributed by atoms with E-state index >= 15 is 0 Å². The fraction of sp³-hybridized carbons (Fsp3) is 1.00. The molecule has 0 rings (SSSR count). The van der Waals surface area contributed by atoms with Gasteiger partial charge in [-0.05, 0) is 13.0 Å². The molecule has 8 N–H and O–H groups in total. The van der Waals surface area contributed by atoms with Crippen molar-refractivity contribution in [2.24, 2.45) is 5.73 Å². The Labute approximate surface area is 102 Å². The molecule has 14 heteroatoms. The minimum atomic E-state index is -5.69. The van der Waals surface area contributed by atoms with Crippen molar-refractivity contribution in [3.05, 3.63) is 0 Å². The van der Waals surface area contributed by atoms with E-state index < -0.39 is 34.5 Å². The quantitative estimate of drug-likeness (QED) is 0.277. The predicted molar refractivity (Wildman–Crippen MR) is 58.2 cm³/mol. The van der Waals surface area contributed by atoms with Crippen LogP contribution in [0.25, 0.3) is 0 Å². The van der Waals surface area contributed by atoms with Gasteiger partial charge in [-0.3, -0.25) is 13.7 Å². The molecule has 0 aromatic rings. The monoisotopic (exact) mass is 329 g/mol. The van der Waals surface area contributed by atoms with Crippen molar-refractivity contribution in [2.45, 2.75) is 17.9 Å². The molecule has 0 saturated carbocycles. The molecule has 0 heterocycles. The van der Waals surface area contributed by atoms with Crippen molar-refractivity contribution in [3.8, 4) is 0 Å². The maximum absolute atomic E-state index is 11.2. The van der Waals surface area contributed by atoms with Gasteiger partial charge in [0, 0.05) is 6.42 Å². The van der Waals surface area contributed by atoms with Crippen LogP contribution >= 0.6 is 23.0 Å². The maximum Gasteiger partial charge on any atom is 0.471 e. The zero-order chi connectivity index (χ0) is 14.8. The van der Waals surface area contributed by atoms with E-state index in [2.05, 4.69) is 4.52 Å². The van der Waals surface area contributed by atoms with Crippen LogP contribution in [0.1, 0.15) is 12.8 Å². The van der Waals surface area contributed by atoms with Gasteiger partial charge in [0.15, 0.2) is 0 Å². The predicted octanol–water partition coefficient (Wildman–Crippen LogP) is -1.16. The van der Waals surface area contributed by atoms with Crippen molar-refractivity contribution in [3.63, 3.8) is 0 Å². The molecule has 0 atom stereocenters. The smallest absolute Gasteiger partial charge is 0.330 e. The zero-order valence-corrected chi connectivity index (χ0v) is 11.5. The fourth-order valence-corrected chi connectivity index (χ4v) is 5.35. The van der Waals surface area contributed by atoms with E-state index in [-0.39, 0.29) is 13.0 Å². The van der Waals surface area contributed by atoms with Crippen LogP contribution in [0.2, 0.25) is 0 Å². The third-order valence-corrected chi connectivity index (χ3v) is 6.73. The second-order valence-electron chi connectivity index (χ2n) is 3.31. The average molecular weight is 329 g/mol. The number of hydrogen-bond donors (Lipinski definition) is 7. The first-order valence-electron chi connectivity index (χ1n) is 4.34. The summed E-state index contributed by atoms with van der Waals surface area (Å²) in [5, 5.41) is -3.60. The third kappa shape index (κ3) is 4.48. The number of nitrogens with two attached hydrogens (primary N) is 1. The van der Waals surface area contributed by atoms with E-state index in [9.17, 15) is 13.7 Å². The van der Waals surface area contributed by atoms with E-state index in [1.807, 2.05) is 0 Å². The van der Waals surface area contributed by atoms with Gasteiger partial charge in [0.25, 0.3) is 5.08 Å². The number of rotatable bonds is 7. The van der Waals surface area contributed by atoms with Gasteiger partial charge in [-0.2, -0.15) is 0 Å². The molecule has 0 aliphatic rings. The highest BCUT2D eigenvalue weighted by Gasteiger charge is 2.64. The highest BCUT2D eigenvalue weighted by atomic mass is 31.2. The molecule has 11 nitrogen and oxygen atoms in total. The summed E-state index contributed by atoms with van der Waals surface area (Å²) in [7, 11) is -16.9. The van der Waals surface area contributed by atoms with E-state index in [1.165, 1.54) is 0 Å². The van der Waals surface area contributed by atoms with Crippen molar-refractivity contribution >= 4 is 23.0 Å². The van der Waals surface area contributed by atoms with Gasteiger partial charge in [-0.25, -0.2) is 4.57 Å². The van der Waals surface area contributed by atoms with Gasteiger partial charge >= 0.3 is 23.0 Å². The Kier molecular flexibility index (Phi) is 5.90. The normalized spacial score (nSPS) is 14.8. The van der Waals surface area contributed by atoms with Crippen LogP contribution in [-0.4, -0.2) is 41.0 Å². The van der Waals surface area contributed by atoms with Crippen LogP contribution in [-0.2, 0) is 18.2 Å². The fourth-order valence-electron chi connectivity index (χ4n) is 1.14. The summed E-state index contributed by atoms with van der Waals surface area (Å²) < 4.78 is 36.8. The molecule has 18 heavy (non-hydrogen) atoms. The highest BCUT2D eigenvalue weighted by molar-refractivity contribution is 7.72. The first-order valence-corrected chi connectivity index (χ1v) is 9.10. The van der Waals surface area contributed by atoms with Crippen molar-refractivity contribution in [2.75, 3.05) is 6.54 Å². The summed E-state index contributed by atoms with van der Waals surface area (Å²) in [5.74, 6) is 0. The third-order valence-electron chi connectivity index (χ3n) is 1.88. The van der Waals surface area contributed by atoms with Gasteiger partial charge in [-0.1, -0.05) is 0 Å². The minimum absolute atomic E-state index is 0.216. The zero-order valence-electron chi connectivity index (χ0n) is 8.86. The topological polar surface area (TPSA) is 208 Å². The Balaban J connectivity index is 5.81. The summed E-state index contributed by atoms with van der Waals surface area (Å²) in [6.07, 6.45) is -1.33. The van der Waals surface area contributed by atoms with Crippen molar-refractivity contribution in [1.82, 2.24) is 0 Å². The Morgan fingerprint density at radius 3 is 1.56 bits per heavy atom. The molecule has 0 fully saturated rings. The van der Waals surface area contributed by atoms with Crippen LogP contribution in [0, 0.1) is 0 Å². The molecule has 110 valence electrons. The second-order valence-corrected chi connectivity index (χ2v) is 8.44. The largest absolute Gasteiger partial charge is 0.471 e. The molecular formula is C4H14NO10P3. The second kappa shape index (κ2) is 5.78. The van der Waals surface area contributed by atoms with Crippen molar-refractivity contribution in [1.29, 1.82) is 0 Å². The van der Waals surface area contributed by atoms with Crippen LogP contribution in [0.5, 0.6) is 0 Å². The lowest BCUT2D eigenvalue weighted by molar-refractivity contribution is 0.0993. The van der Waals surface area contributed by atoms with E-state index in [4.69, 9.17) is 35.1 Å². The number of phosphoric ester groups is 1. The molecule has 0 aromatic carbocycles. The Bertz CT molecular complexity index is 395. The van der Waals surface area contributed by atoms with Crippen LogP contribution in [0.3, 0.4) is 0 Å². The van der Waals surface area contributed by atoms with Crippen LogP contribution in [0.4, 0.5) is 0 Å². The lowest BCUT2D eigenvalue weighted by Gasteiger charge is -2.33. The van der Waals surface area contributed by atoms with Crippen LogP contribution in [0.15, 0.2) is 0 Å². The summed E-state index contributed by atoms with van der Waals surface area (Å²) >= 11 is 0. The molecule has 0 amide bonds. The molecular weight excluding hydrogens is 315 g/mol. The lowest BCUT2D eigenvalue weighted by atomic mass is 10.3. The van der Waals surface area contributed by atoms with Gasteiger partial charge in [0.05, 0.1) is 0 Å². The maximum atomic E-state index is 11.2. The van der Waals surface area contributed by atoms with E-state index in [0.717, 1.165) is 0 Å². The van der Waals surface area contributed by atoms with Gasteiger partial charge in [0.2, 0.25) is 0 Å². The molecule has 0 aliphatic carbocycles. The number of hydrogen-bond acceptors (Lipinski definition) is 5. The standard InChI is InChI=1S/C4H14NO10P3/c5-3-1-2-4(16(6,7)8,17(9,10)11)15-18(12,13)14/h1-3,5H2,(H2,6,7,8)(H2,9,10,11)(H2,12,13,14). The molecule has 0 radical (unpaired) electrons. The molecule has 0 unspecified atom stereocenters. The summed E-state index contributed by atoms with van der Waals surface area (Å²) in [6.45, 7) is -0.216.